The van der Waals surface area contributed by atoms with Gasteiger partial charge < -0.3 is 41.9 Å². The van der Waals surface area contributed by atoms with Gasteiger partial charge in [0.2, 0.25) is 11.8 Å². The zero-order valence-corrected chi connectivity index (χ0v) is 81.6. The molecule has 2 aromatic rings. The third-order valence-electron chi connectivity index (χ3n) is 19.8. The number of nitrogens with one attached hydrogen (secondary N) is 8. The molecule has 3 unspecified atom stereocenters. The summed E-state index contributed by atoms with van der Waals surface area (Å²) in [5.41, 5.74) is 18.8. The average molecular weight is 1570 g/mol. The number of hydrogen-bond donors (Lipinski definition) is 8. The van der Waals surface area contributed by atoms with Gasteiger partial charge in [0.25, 0.3) is 5.56 Å². The van der Waals surface area contributed by atoms with Crippen LogP contribution in [0, 0.1) is 68.0 Å². The van der Waals surface area contributed by atoms with Crippen molar-refractivity contribution >= 4 is 23.3 Å². The second-order valence-electron chi connectivity index (χ2n) is 47.1. The van der Waals surface area contributed by atoms with Gasteiger partial charge in [-0.25, -0.2) is 4.98 Å². The maximum absolute atomic E-state index is 12.3. The van der Waals surface area contributed by atoms with Crippen molar-refractivity contribution in [2.75, 3.05) is 13.1 Å². The van der Waals surface area contributed by atoms with Crippen LogP contribution in [0.15, 0.2) is 88.8 Å². The molecule has 113 heavy (non-hydrogen) atoms. The Bertz CT molecular complexity index is 3830. The highest BCUT2D eigenvalue weighted by Gasteiger charge is 2.40. The fourth-order valence-electron chi connectivity index (χ4n) is 14.5. The summed E-state index contributed by atoms with van der Waals surface area (Å²) in [4.78, 5) is 76.2. The third kappa shape index (κ3) is 33.0. The van der Waals surface area contributed by atoms with Crippen LogP contribution in [0.25, 0.3) is 0 Å². The van der Waals surface area contributed by atoms with Gasteiger partial charge in [-0.05, 0) is 117 Å². The van der Waals surface area contributed by atoms with E-state index in [2.05, 4.69) is 356 Å². The van der Waals surface area contributed by atoms with Crippen molar-refractivity contribution < 1.29 is 14.4 Å². The average Bonchev–Trinajstić information content (AvgIpc) is 1.75. The third-order valence-corrected chi connectivity index (χ3v) is 19.8. The number of carbonyl (C=O) groups is 3. The second-order valence-corrected chi connectivity index (χ2v) is 47.1. The predicted octanol–water partition coefficient (Wildman–Crippen LogP) is 23.6. The van der Waals surface area contributed by atoms with Crippen LogP contribution < -0.4 is 42.9 Å². The minimum atomic E-state index is -0.194. The van der Waals surface area contributed by atoms with Crippen LogP contribution in [0.4, 0.5) is 0 Å². The number of ketones is 1. The van der Waals surface area contributed by atoms with Gasteiger partial charge in [0, 0.05) is 148 Å². The number of hydrogen-bond acceptors (Lipinski definition) is 11. The largest absolute Gasteiger partial charge is 0.385 e. The molecule has 0 bridgehead atoms. The lowest BCUT2D eigenvalue weighted by Crippen LogP contribution is -2.43. The molecule has 5 aliphatic heterocycles. The van der Waals surface area contributed by atoms with E-state index in [1.807, 2.05) is 41.5 Å². The van der Waals surface area contributed by atoms with E-state index in [1.165, 1.54) is 29.9 Å². The summed E-state index contributed by atoms with van der Waals surface area (Å²) in [5, 5.41) is 20.2. The Morgan fingerprint density at radius 1 is 0.398 bits per heavy atom. The number of nitrogens with zero attached hydrogens (tertiary/aromatic N) is 2. The molecule has 15 heteroatoms. The van der Waals surface area contributed by atoms with Crippen LogP contribution in [0.5, 0.6) is 0 Å². The van der Waals surface area contributed by atoms with E-state index in [1.54, 1.807) is 17.2 Å². The number of carbonyl (C=O) groups excluding carboxylic acids is 3. The van der Waals surface area contributed by atoms with Gasteiger partial charge in [0.15, 0.2) is 11.2 Å². The van der Waals surface area contributed by atoms with Crippen LogP contribution in [0.1, 0.15) is 393 Å². The molecule has 0 aromatic carbocycles. The first kappa shape index (κ1) is 107. The zero-order chi connectivity index (χ0) is 88.7. The number of aromatic nitrogens is 3. The summed E-state index contributed by atoms with van der Waals surface area (Å²) in [7, 11) is 0. The second kappa shape index (κ2) is 38.4. The number of H-pyrrole nitrogens is 2. The van der Waals surface area contributed by atoms with E-state index in [4.69, 9.17) is 0 Å². The summed E-state index contributed by atoms with van der Waals surface area (Å²) < 4.78 is 0. The number of rotatable bonds is 0. The summed E-state index contributed by atoms with van der Waals surface area (Å²) in [6.45, 7) is 106. The fraction of sp³-hybridized carbons (Fsp3) is 0.745. The van der Waals surface area contributed by atoms with Crippen molar-refractivity contribution in [3.63, 3.8) is 0 Å². The normalized spacial score (nSPS) is 18.9. The first-order chi connectivity index (χ1) is 49.4. The molecule has 0 radical (unpaired) electrons. The first-order valence-corrected chi connectivity index (χ1v) is 41.9. The number of dihydropyridines is 1. The highest BCUT2D eigenvalue weighted by atomic mass is 16.2. The van der Waals surface area contributed by atoms with E-state index in [0.29, 0.717) is 42.6 Å². The van der Waals surface area contributed by atoms with Gasteiger partial charge in [-0.3, -0.25) is 29.0 Å². The lowest BCUT2D eigenvalue weighted by molar-refractivity contribution is -0.119. The van der Waals surface area contributed by atoms with Crippen molar-refractivity contribution in [3.8, 4) is 0 Å². The number of Topliss-reactive ketones (excluding diaryl/α,β-unsaturated/α-hetero) is 1. The molecule has 0 spiro atoms. The Balaban J connectivity index is 0.00000129. The Morgan fingerprint density at radius 2 is 0.814 bits per heavy atom. The maximum atomic E-state index is 12.3. The Kier molecular flexibility index (Phi) is 36.3. The van der Waals surface area contributed by atoms with E-state index < -0.39 is 0 Å². The molecule has 0 saturated heterocycles. The first-order valence-electron chi connectivity index (χ1n) is 41.9. The quantitative estimate of drug-likeness (QED) is 0.125. The van der Waals surface area contributed by atoms with Gasteiger partial charge in [-0.2, -0.15) is 0 Å². The van der Waals surface area contributed by atoms with Crippen LogP contribution in [-0.4, -0.2) is 69.5 Å². The molecule has 0 saturated carbocycles. The summed E-state index contributed by atoms with van der Waals surface area (Å²) >= 11 is 0. The number of allylic oxidation sites excluding steroid dienone is 10. The standard InChI is InChI=1S/C14H26N2O.C14H24N2O.C14H25NO.C14H23NO.C14H27N.C14H25N.C13H22N2O.CH4/c2*1-9-8-15-12(17)10(13(2,3)4)11(16-9)14(5,6)7;2*1-9-8-10(16)11(13(2,3)4)12(15-9)14(5,6)7;2*1-10-8-9-11(13(2,3)4)12(15-10)14(5,6)7;1-8-14-10(13(5,6)7)9(11(16)15-8)12(2,3)4;/h9,16H,8H2,1-7H3,(H,15,17);8H2,1-7H3,(H,15,17);9,15H,8H2,1-7H3;8H,1-7H3,(H,15,16);10,15H,8-9H2,1-7H3;8,15H,9H2,1-7H3;1-7H3,(H,14,15,16);1H4. The van der Waals surface area contributed by atoms with Crippen LogP contribution in [0.2, 0.25) is 0 Å². The molecule has 2 amide bonds. The van der Waals surface area contributed by atoms with Gasteiger partial charge >= 0.3 is 0 Å². The van der Waals surface area contributed by atoms with E-state index >= 15 is 0 Å². The smallest absolute Gasteiger partial charge is 0.254 e. The lowest BCUT2D eigenvalue weighted by atomic mass is 9.73. The molecular weight excluding hydrogens is 1400 g/mol. The van der Waals surface area contributed by atoms with Crippen molar-refractivity contribution in [2.24, 2.45) is 59.1 Å². The molecule has 8 N–H and O–H groups in total. The molecular formula is C98H176N10O5. The summed E-state index contributed by atoms with van der Waals surface area (Å²) in [5.74, 6) is 1.08. The molecule has 5 aliphatic rings. The molecule has 7 rings (SSSR count). The molecule has 648 valence electrons. The Morgan fingerprint density at radius 3 is 1.20 bits per heavy atom. The number of aryl methyl sites for hydroxylation is 2. The van der Waals surface area contributed by atoms with Gasteiger partial charge in [0.05, 0.1) is 17.9 Å². The fourth-order valence-corrected chi connectivity index (χ4v) is 14.5. The Hall–Kier alpha value is -6.25. The topological polar surface area (TPSA) is 214 Å². The highest BCUT2D eigenvalue weighted by molar-refractivity contribution is 6.01. The molecule has 0 fully saturated rings. The minimum Gasteiger partial charge on any atom is -0.385 e. The summed E-state index contributed by atoms with van der Waals surface area (Å²) in [6, 6.07) is 2.85. The number of amides is 2. The minimum absolute atomic E-state index is 0. The van der Waals surface area contributed by atoms with Crippen LogP contribution >= 0.6 is 0 Å². The maximum Gasteiger partial charge on any atom is 0.254 e. The van der Waals surface area contributed by atoms with Crippen LogP contribution in [-0.2, 0) is 36.0 Å². The molecule has 3 atom stereocenters. The number of pyridine rings is 1. The van der Waals surface area contributed by atoms with Gasteiger partial charge in [-0.15, -0.1) is 0 Å². The zero-order valence-electron chi connectivity index (χ0n) is 81.6. The van der Waals surface area contributed by atoms with Crippen molar-refractivity contribution in [1.29, 1.82) is 0 Å². The van der Waals surface area contributed by atoms with Crippen molar-refractivity contribution in [1.82, 2.24) is 46.9 Å². The van der Waals surface area contributed by atoms with Crippen molar-refractivity contribution in [2.45, 2.75) is 412 Å². The molecule has 7 heterocycles. The van der Waals surface area contributed by atoms with Crippen LogP contribution in [0.3, 0.4) is 0 Å². The predicted molar refractivity (Wildman–Crippen MR) is 490 cm³/mol. The van der Waals surface area contributed by atoms with Crippen molar-refractivity contribution in [3.05, 3.63) is 129 Å². The van der Waals surface area contributed by atoms with E-state index in [0.717, 1.165) is 74.2 Å². The molecule has 2 aromatic heterocycles. The molecule has 15 nitrogen and oxygen atoms in total. The van der Waals surface area contributed by atoms with Gasteiger partial charge in [-0.1, -0.05) is 304 Å². The van der Waals surface area contributed by atoms with Gasteiger partial charge in [0.1, 0.15) is 5.82 Å². The summed E-state index contributed by atoms with van der Waals surface area (Å²) in [6.07, 6.45) is 6.52. The van der Waals surface area contributed by atoms with E-state index in [-0.39, 0.29) is 113 Å². The lowest BCUT2D eigenvalue weighted by Gasteiger charge is -2.39. The number of aromatic amines is 2. The Labute approximate surface area is 694 Å². The molecule has 0 aliphatic carbocycles. The number of aliphatic imine (C=N–C) groups is 1. The highest BCUT2D eigenvalue weighted by Crippen LogP contribution is 2.45. The van der Waals surface area contributed by atoms with E-state index in [9.17, 15) is 24.0 Å². The monoisotopic (exact) mass is 1570 g/mol. The SMILES string of the molecule is C.CC1=CCC(C(C)(C)C)=C(C(C)(C)C)N1.CC1=NC(C(C)(C)C)=C(C(C)(C)C)C(=O)NC1.CC1CC(=O)C(C(C)(C)C)=C(C(C)(C)C)N1.CC1CCC(C(C)(C)C)=C(C(C)(C)C)N1.CC1CNC(=O)C(C(C)(C)C)=C(C(C)(C)C)N1.Cc1cc(=O)c(C(C)(C)C)c(C(C)(C)C)[nH]1.Cc1nc(C(C)(C)C)c(C(C)(C)C)c(=O)[nH]1.